The van der Waals surface area contributed by atoms with E-state index in [1.165, 1.54) is 0 Å². The van der Waals surface area contributed by atoms with Gasteiger partial charge in [-0.25, -0.2) is 4.98 Å². The van der Waals surface area contributed by atoms with Gasteiger partial charge in [0, 0.05) is 44.0 Å². The van der Waals surface area contributed by atoms with Gasteiger partial charge < -0.3 is 15.7 Å². The van der Waals surface area contributed by atoms with Crippen molar-refractivity contribution in [2.24, 2.45) is 5.73 Å². The van der Waals surface area contributed by atoms with Crippen molar-refractivity contribution >= 4 is 23.0 Å². The summed E-state index contributed by atoms with van der Waals surface area (Å²) in [6, 6.07) is 3.87. The third-order valence-corrected chi connectivity index (χ3v) is 3.77. The molecule has 1 fully saturated rings. The van der Waals surface area contributed by atoms with Crippen LogP contribution in [-0.2, 0) is 0 Å². The highest BCUT2D eigenvalue weighted by atomic mass is 32.1. The minimum atomic E-state index is -0.650. The van der Waals surface area contributed by atoms with Crippen LogP contribution in [0.4, 0.5) is 5.82 Å². The number of β-amino-alcohol motifs (C(OH)–C–C–N with tert-alkyl or cyclic N) is 1. The topological polar surface area (TPSA) is 65.6 Å². The molecule has 0 unspecified atom stereocenters. The lowest BCUT2D eigenvalue weighted by Crippen LogP contribution is -2.50. The summed E-state index contributed by atoms with van der Waals surface area (Å²) in [5.74, 6) is 0.931. The summed E-state index contributed by atoms with van der Waals surface area (Å²) in [6.45, 7) is 9.96. The average Bonchev–Trinajstić information content (AvgIpc) is 2.37. The first kappa shape index (κ1) is 16.1. The van der Waals surface area contributed by atoms with E-state index < -0.39 is 5.60 Å². The van der Waals surface area contributed by atoms with Gasteiger partial charge in [0.1, 0.15) is 10.8 Å². The molecule has 0 bridgehead atoms. The van der Waals surface area contributed by atoms with Crippen LogP contribution in [0, 0.1) is 6.92 Å². The minimum absolute atomic E-state index is 0.405. The molecule has 3 N–H and O–H groups in total. The maximum absolute atomic E-state index is 9.89. The van der Waals surface area contributed by atoms with Gasteiger partial charge in [-0.15, -0.1) is 0 Å². The van der Waals surface area contributed by atoms with Gasteiger partial charge in [0.15, 0.2) is 0 Å². The highest BCUT2D eigenvalue weighted by Gasteiger charge is 2.23. The third kappa shape index (κ3) is 4.62. The van der Waals surface area contributed by atoms with Gasteiger partial charge in [0.2, 0.25) is 0 Å². The summed E-state index contributed by atoms with van der Waals surface area (Å²) < 4.78 is 0. The van der Waals surface area contributed by atoms with Crippen LogP contribution in [0.25, 0.3) is 0 Å². The maximum Gasteiger partial charge on any atom is 0.129 e. The van der Waals surface area contributed by atoms with Crippen molar-refractivity contribution in [2.45, 2.75) is 26.4 Å². The average molecular weight is 308 g/mol. The second kappa shape index (κ2) is 6.25. The second-order valence-electron chi connectivity index (χ2n) is 6.30. The molecule has 1 saturated heterocycles. The minimum Gasteiger partial charge on any atom is -0.389 e. The molecule has 0 amide bonds. The third-order valence-electron chi connectivity index (χ3n) is 3.53. The number of aliphatic hydroxyl groups is 1. The molecule has 21 heavy (non-hydrogen) atoms. The van der Waals surface area contributed by atoms with Gasteiger partial charge in [-0.1, -0.05) is 12.2 Å². The van der Waals surface area contributed by atoms with Crippen LogP contribution in [0.1, 0.15) is 25.1 Å². The van der Waals surface area contributed by atoms with E-state index in [1.54, 1.807) is 0 Å². The van der Waals surface area contributed by atoms with Crippen LogP contribution in [-0.4, -0.2) is 58.3 Å². The van der Waals surface area contributed by atoms with Crippen LogP contribution in [0.3, 0.4) is 0 Å². The number of nitrogens with two attached hydrogens (primary N) is 1. The van der Waals surface area contributed by atoms with E-state index in [9.17, 15) is 5.11 Å². The van der Waals surface area contributed by atoms with E-state index in [1.807, 2.05) is 32.9 Å². The van der Waals surface area contributed by atoms with Crippen LogP contribution >= 0.6 is 12.2 Å². The number of piperazine rings is 1. The molecule has 0 saturated carbocycles. The molecule has 1 aromatic heterocycles. The molecule has 1 aliphatic heterocycles. The molecule has 0 aromatic carbocycles. The zero-order valence-corrected chi connectivity index (χ0v) is 13.8. The Morgan fingerprint density at radius 1 is 1.33 bits per heavy atom. The van der Waals surface area contributed by atoms with E-state index in [0.29, 0.717) is 11.5 Å². The highest BCUT2D eigenvalue weighted by Crippen LogP contribution is 2.18. The normalized spacial score (nSPS) is 17.0. The molecule has 6 heteroatoms. The predicted octanol–water partition coefficient (Wildman–Crippen LogP) is 0.917. The molecule has 0 radical (unpaired) electrons. The van der Waals surface area contributed by atoms with Crippen LogP contribution in [0.15, 0.2) is 12.1 Å². The quantitative estimate of drug-likeness (QED) is 0.806. The molecule has 1 aliphatic rings. The molecule has 2 rings (SSSR count). The SMILES string of the molecule is Cc1cc(C(N)=S)cc(N2CCN(CC(C)(C)O)CC2)n1. The molecule has 5 nitrogen and oxygen atoms in total. The molecule has 0 aliphatic carbocycles. The first-order chi connectivity index (χ1) is 9.74. The Morgan fingerprint density at radius 3 is 2.48 bits per heavy atom. The Labute approximate surface area is 131 Å². The van der Waals surface area contributed by atoms with Gasteiger partial charge in [-0.3, -0.25) is 4.90 Å². The first-order valence-electron chi connectivity index (χ1n) is 7.23. The monoisotopic (exact) mass is 308 g/mol. The zero-order valence-electron chi connectivity index (χ0n) is 13.0. The maximum atomic E-state index is 9.89. The Hall–Kier alpha value is -1.24. The Bertz CT molecular complexity index is 519. The number of nitrogens with zero attached hydrogens (tertiary/aromatic N) is 3. The van der Waals surface area contributed by atoms with E-state index in [2.05, 4.69) is 14.8 Å². The van der Waals surface area contributed by atoms with E-state index in [4.69, 9.17) is 18.0 Å². The van der Waals surface area contributed by atoms with E-state index >= 15 is 0 Å². The van der Waals surface area contributed by atoms with Crippen LogP contribution in [0.5, 0.6) is 0 Å². The van der Waals surface area contributed by atoms with Crippen LogP contribution in [0.2, 0.25) is 0 Å². The number of aromatic nitrogens is 1. The van der Waals surface area contributed by atoms with Crippen molar-refractivity contribution < 1.29 is 5.11 Å². The molecule has 1 aromatic rings. The van der Waals surface area contributed by atoms with Gasteiger partial charge in [0.25, 0.3) is 0 Å². The lowest BCUT2D eigenvalue weighted by molar-refractivity contribution is 0.0344. The molecular weight excluding hydrogens is 284 g/mol. The number of rotatable bonds is 4. The summed E-state index contributed by atoms with van der Waals surface area (Å²) in [5.41, 5.74) is 6.86. The van der Waals surface area contributed by atoms with Crippen molar-refractivity contribution in [1.82, 2.24) is 9.88 Å². The Kier molecular flexibility index (Phi) is 4.81. The van der Waals surface area contributed by atoms with Crippen molar-refractivity contribution in [3.05, 3.63) is 23.4 Å². The number of anilines is 1. The van der Waals surface area contributed by atoms with Crippen LogP contribution < -0.4 is 10.6 Å². The lowest BCUT2D eigenvalue weighted by atomic mass is 10.1. The standard InChI is InChI=1S/C15H24N4OS/c1-11-8-12(14(16)21)9-13(17-11)19-6-4-18(5-7-19)10-15(2,3)20/h8-9,20H,4-7,10H2,1-3H3,(H2,16,21). The van der Waals surface area contributed by atoms with Gasteiger partial charge >= 0.3 is 0 Å². The van der Waals surface area contributed by atoms with Gasteiger partial charge in [-0.05, 0) is 32.9 Å². The number of pyridine rings is 1. The van der Waals surface area contributed by atoms with Crippen molar-refractivity contribution in [2.75, 3.05) is 37.6 Å². The number of aryl methyl sites for hydroxylation is 1. The fraction of sp³-hybridized carbons (Fsp3) is 0.600. The van der Waals surface area contributed by atoms with Crippen molar-refractivity contribution in [1.29, 1.82) is 0 Å². The van der Waals surface area contributed by atoms with E-state index in [0.717, 1.165) is 43.3 Å². The second-order valence-corrected chi connectivity index (χ2v) is 6.74. The van der Waals surface area contributed by atoms with Crippen molar-refractivity contribution in [3.8, 4) is 0 Å². The molecule has 2 heterocycles. The van der Waals surface area contributed by atoms with Gasteiger partial charge in [-0.2, -0.15) is 0 Å². The largest absolute Gasteiger partial charge is 0.389 e. The predicted molar refractivity (Wildman–Crippen MR) is 89.8 cm³/mol. The Balaban J connectivity index is 2.04. The number of hydrogen-bond acceptors (Lipinski definition) is 5. The summed E-state index contributed by atoms with van der Waals surface area (Å²) in [6.07, 6.45) is 0. The molecule has 116 valence electrons. The number of hydrogen-bond donors (Lipinski definition) is 2. The highest BCUT2D eigenvalue weighted by molar-refractivity contribution is 7.80. The fourth-order valence-corrected chi connectivity index (χ4v) is 2.76. The number of thiocarbonyl (C=S) groups is 1. The molecule has 0 spiro atoms. The van der Waals surface area contributed by atoms with E-state index in [-0.39, 0.29) is 0 Å². The lowest BCUT2D eigenvalue weighted by Gasteiger charge is -2.38. The smallest absolute Gasteiger partial charge is 0.129 e. The molecule has 0 atom stereocenters. The summed E-state index contributed by atoms with van der Waals surface area (Å²) in [5, 5.41) is 9.89. The zero-order chi connectivity index (χ0) is 15.6. The fourth-order valence-electron chi connectivity index (χ4n) is 2.64. The Morgan fingerprint density at radius 2 is 1.95 bits per heavy atom. The summed E-state index contributed by atoms with van der Waals surface area (Å²) in [7, 11) is 0. The van der Waals surface area contributed by atoms with Gasteiger partial charge in [0.05, 0.1) is 5.60 Å². The van der Waals surface area contributed by atoms with Crippen molar-refractivity contribution in [3.63, 3.8) is 0 Å². The molecular formula is C15H24N4OS. The summed E-state index contributed by atoms with van der Waals surface area (Å²) in [4.78, 5) is 9.51. The first-order valence-corrected chi connectivity index (χ1v) is 7.63. The summed E-state index contributed by atoms with van der Waals surface area (Å²) >= 11 is 5.06.